The van der Waals surface area contributed by atoms with E-state index in [1.165, 1.54) is 11.3 Å². The van der Waals surface area contributed by atoms with Gasteiger partial charge in [0.1, 0.15) is 10.8 Å². The first-order chi connectivity index (χ1) is 7.20. The molecule has 1 heterocycles. The molecule has 5 heteroatoms. The van der Waals surface area contributed by atoms with Crippen LogP contribution in [-0.2, 0) is 6.54 Å². The molecule has 0 bridgehead atoms. The van der Waals surface area contributed by atoms with Crippen LogP contribution in [0.2, 0.25) is 5.02 Å². The molecule has 0 saturated carbocycles. The lowest BCUT2D eigenvalue weighted by molar-refractivity contribution is 0.475. The number of nitrogens with zero attached hydrogens (tertiary/aromatic N) is 1. The first-order valence-corrected chi connectivity index (χ1v) is 5.54. The van der Waals surface area contributed by atoms with Gasteiger partial charge in [0.05, 0.1) is 5.02 Å². The third kappa shape index (κ3) is 2.12. The summed E-state index contributed by atoms with van der Waals surface area (Å²) in [5.74, 6) is 0.0796. The number of benzene rings is 1. The van der Waals surface area contributed by atoms with Gasteiger partial charge in [0, 0.05) is 23.2 Å². The Morgan fingerprint density at radius 3 is 2.87 bits per heavy atom. The standard InChI is InChI=1S/C10H9ClN2OS/c11-8-3-6(1-2-9(8)14)10-13-5-7(4-12)15-10/h1-3,5,14H,4,12H2. The van der Waals surface area contributed by atoms with Crippen molar-refractivity contribution in [2.75, 3.05) is 0 Å². The Morgan fingerprint density at radius 1 is 1.47 bits per heavy atom. The van der Waals surface area contributed by atoms with Gasteiger partial charge >= 0.3 is 0 Å². The molecule has 1 aromatic carbocycles. The van der Waals surface area contributed by atoms with Crippen molar-refractivity contribution in [2.45, 2.75) is 6.54 Å². The van der Waals surface area contributed by atoms with Crippen molar-refractivity contribution in [3.05, 3.63) is 34.3 Å². The van der Waals surface area contributed by atoms with Crippen LogP contribution in [0.1, 0.15) is 4.88 Å². The summed E-state index contributed by atoms with van der Waals surface area (Å²) in [6.07, 6.45) is 1.75. The molecule has 0 aliphatic rings. The Labute approximate surface area is 96.2 Å². The largest absolute Gasteiger partial charge is 0.506 e. The number of nitrogens with two attached hydrogens (primary N) is 1. The number of phenolic OH excluding ortho intramolecular Hbond substituents is 1. The summed E-state index contributed by atoms with van der Waals surface area (Å²) in [5, 5.41) is 10.5. The second-order valence-corrected chi connectivity index (χ2v) is 4.52. The van der Waals surface area contributed by atoms with Gasteiger partial charge in [-0.1, -0.05) is 11.6 Å². The summed E-state index contributed by atoms with van der Waals surface area (Å²) >= 11 is 7.33. The molecular weight excluding hydrogens is 232 g/mol. The van der Waals surface area contributed by atoms with Crippen LogP contribution >= 0.6 is 22.9 Å². The molecule has 78 valence electrons. The average molecular weight is 241 g/mol. The highest BCUT2D eigenvalue weighted by molar-refractivity contribution is 7.15. The minimum absolute atomic E-state index is 0.0796. The lowest BCUT2D eigenvalue weighted by Crippen LogP contribution is -1.91. The maximum absolute atomic E-state index is 9.27. The molecule has 2 rings (SSSR count). The van der Waals surface area contributed by atoms with Gasteiger partial charge in [-0.15, -0.1) is 11.3 Å². The molecule has 0 radical (unpaired) electrons. The molecule has 0 unspecified atom stereocenters. The maximum atomic E-state index is 9.27. The van der Waals surface area contributed by atoms with Crippen molar-refractivity contribution in [3.8, 4) is 16.3 Å². The van der Waals surface area contributed by atoms with E-state index in [1.807, 2.05) is 0 Å². The Morgan fingerprint density at radius 2 is 2.27 bits per heavy atom. The summed E-state index contributed by atoms with van der Waals surface area (Å²) in [6.45, 7) is 0.490. The van der Waals surface area contributed by atoms with Gasteiger partial charge in [0.15, 0.2) is 0 Å². The maximum Gasteiger partial charge on any atom is 0.134 e. The molecule has 0 spiro atoms. The van der Waals surface area contributed by atoms with Gasteiger partial charge in [0.25, 0.3) is 0 Å². The van der Waals surface area contributed by atoms with Crippen LogP contribution in [0.15, 0.2) is 24.4 Å². The number of aromatic hydroxyl groups is 1. The van der Waals surface area contributed by atoms with Crippen LogP contribution in [0, 0.1) is 0 Å². The Bertz CT molecular complexity index is 484. The molecule has 15 heavy (non-hydrogen) atoms. The number of phenols is 1. The minimum atomic E-state index is 0.0796. The highest BCUT2D eigenvalue weighted by atomic mass is 35.5. The third-order valence-corrected chi connectivity index (χ3v) is 3.32. The van der Waals surface area contributed by atoms with Crippen LogP contribution < -0.4 is 5.73 Å². The average Bonchev–Trinajstić information content (AvgIpc) is 2.70. The van der Waals surface area contributed by atoms with E-state index in [-0.39, 0.29) is 5.75 Å². The van der Waals surface area contributed by atoms with Crippen LogP contribution in [0.5, 0.6) is 5.75 Å². The van der Waals surface area contributed by atoms with Crippen molar-refractivity contribution >= 4 is 22.9 Å². The van der Waals surface area contributed by atoms with Crippen molar-refractivity contribution in [1.29, 1.82) is 0 Å². The van der Waals surface area contributed by atoms with E-state index in [0.717, 1.165) is 15.4 Å². The molecule has 0 atom stereocenters. The van der Waals surface area contributed by atoms with Gasteiger partial charge in [-0.3, -0.25) is 0 Å². The topological polar surface area (TPSA) is 59.1 Å². The predicted molar refractivity (Wildman–Crippen MR) is 62.1 cm³/mol. The molecule has 2 aromatic rings. The normalized spacial score (nSPS) is 10.5. The smallest absolute Gasteiger partial charge is 0.134 e. The molecule has 3 N–H and O–H groups in total. The van der Waals surface area contributed by atoms with Crippen LogP contribution in [0.3, 0.4) is 0 Å². The molecule has 1 aromatic heterocycles. The van der Waals surface area contributed by atoms with E-state index in [4.69, 9.17) is 17.3 Å². The van der Waals surface area contributed by atoms with Crippen molar-refractivity contribution in [3.63, 3.8) is 0 Å². The second kappa shape index (κ2) is 4.18. The van der Waals surface area contributed by atoms with Gasteiger partial charge in [-0.05, 0) is 18.2 Å². The quantitative estimate of drug-likeness (QED) is 0.849. The molecule has 0 aliphatic carbocycles. The summed E-state index contributed by atoms with van der Waals surface area (Å²) in [7, 11) is 0. The highest BCUT2D eigenvalue weighted by Crippen LogP contribution is 2.31. The lowest BCUT2D eigenvalue weighted by Gasteiger charge is -1.99. The van der Waals surface area contributed by atoms with Gasteiger partial charge < -0.3 is 10.8 Å². The first-order valence-electron chi connectivity index (χ1n) is 4.34. The summed E-state index contributed by atoms with van der Waals surface area (Å²) in [5.41, 5.74) is 6.39. The summed E-state index contributed by atoms with van der Waals surface area (Å²) in [6, 6.07) is 5.03. The minimum Gasteiger partial charge on any atom is -0.506 e. The Balaban J connectivity index is 2.40. The van der Waals surface area contributed by atoms with Crippen LogP contribution in [-0.4, -0.2) is 10.1 Å². The van der Waals surface area contributed by atoms with Crippen molar-refractivity contribution in [1.82, 2.24) is 4.98 Å². The number of thiazole rings is 1. The van der Waals surface area contributed by atoms with E-state index in [1.54, 1.807) is 24.4 Å². The molecule has 0 amide bonds. The Hall–Kier alpha value is -1.10. The van der Waals surface area contributed by atoms with Gasteiger partial charge in [-0.25, -0.2) is 4.98 Å². The fourth-order valence-electron chi connectivity index (χ4n) is 1.18. The number of halogens is 1. The van der Waals surface area contributed by atoms with E-state index >= 15 is 0 Å². The van der Waals surface area contributed by atoms with E-state index in [9.17, 15) is 5.11 Å². The monoisotopic (exact) mass is 240 g/mol. The molecule has 0 fully saturated rings. The summed E-state index contributed by atoms with van der Waals surface area (Å²) in [4.78, 5) is 5.25. The lowest BCUT2D eigenvalue weighted by atomic mass is 10.2. The van der Waals surface area contributed by atoms with E-state index < -0.39 is 0 Å². The van der Waals surface area contributed by atoms with Crippen LogP contribution in [0.25, 0.3) is 10.6 Å². The number of hydrogen-bond acceptors (Lipinski definition) is 4. The second-order valence-electron chi connectivity index (χ2n) is 3.00. The van der Waals surface area contributed by atoms with Crippen molar-refractivity contribution in [2.24, 2.45) is 5.73 Å². The van der Waals surface area contributed by atoms with Gasteiger partial charge in [-0.2, -0.15) is 0 Å². The number of hydrogen-bond donors (Lipinski definition) is 2. The number of aromatic nitrogens is 1. The SMILES string of the molecule is NCc1cnc(-c2ccc(O)c(Cl)c2)s1. The zero-order valence-corrected chi connectivity index (χ0v) is 9.35. The molecule has 0 aliphatic heterocycles. The van der Waals surface area contributed by atoms with Crippen LogP contribution in [0.4, 0.5) is 0 Å². The number of rotatable bonds is 2. The Kier molecular flexibility index (Phi) is 2.90. The zero-order chi connectivity index (χ0) is 10.8. The van der Waals surface area contributed by atoms with E-state index in [2.05, 4.69) is 4.98 Å². The predicted octanol–water partition coefficient (Wildman–Crippen LogP) is 2.63. The molecular formula is C10H9ClN2OS. The molecule has 3 nitrogen and oxygen atoms in total. The zero-order valence-electron chi connectivity index (χ0n) is 7.77. The van der Waals surface area contributed by atoms with E-state index in [0.29, 0.717) is 11.6 Å². The summed E-state index contributed by atoms with van der Waals surface area (Å²) < 4.78 is 0. The molecule has 0 saturated heterocycles. The fraction of sp³-hybridized carbons (Fsp3) is 0.100. The third-order valence-electron chi connectivity index (χ3n) is 1.95. The van der Waals surface area contributed by atoms with Gasteiger partial charge in [0.2, 0.25) is 0 Å². The highest BCUT2D eigenvalue weighted by Gasteiger charge is 2.06. The fourth-order valence-corrected chi connectivity index (χ4v) is 2.14. The first kappa shape index (κ1) is 10.4. The van der Waals surface area contributed by atoms with Crippen molar-refractivity contribution < 1.29 is 5.11 Å².